The van der Waals surface area contributed by atoms with E-state index in [-0.39, 0.29) is 23.5 Å². The Labute approximate surface area is 113 Å². The molecule has 7 heteroatoms. The normalized spacial score (nSPS) is 21.4. The number of hydrogen-bond acceptors (Lipinski definition) is 4. The van der Waals surface area contributed by atoms with Gasteiger partial charge in [-0.1, -0.05) is 0 Å². The Bertz CT molecular complexity index is 524. The molecular weight excluding hydrogens is 266 g/mol. The van der Waals surface area contributed by atoms with Crippen LogP contribution in [0.15, 0.2) is 12.5 Å². The number of hydrogen-bond donors (Lipinski definition) is 1. The minimum atomic E-state index is -2.95. The van der Waals surface area contributed by atoms with E-state index in [2.05, 4.69) is 9.97 Å². The van der Waals surface area contributed by atoms with E-state index < -0.39 is 9.84 Å². The Morgan fingerprint density at radius 3 is 2.89 bits per heavy atom. The molecule has 6 nitrogen and oxygen atoms in total. The molecule has 0 radical (unpaired) electrons. The van der Waals surface area contributed by atoms with E-state index in [0.717, 1.165) is 5.69 Å². The Hall–Kier alpha value is -1.37. The van der Waals surface area contributed by atoms with Gasteiger partial charge in [0.1, 0.15) is 0 Å². The van der Waals surface area contributed by atoms with Crippen molar-refractivity contribution in [3.8, 4) is 0 Å². The highest BCUT2D eigenvalue weighted by molar-refractivity contribution is 7.91. The van der Waals surface area contributed by atoms with E-state index in [9.17, 15) is 13.2 Å². The highest BCUT2D eigenvalue weighted by Gasteiger charge is 2.33. The van der Waals surface area contributed by atoms with Gasteiger partial charge in [0.25, 0.3) is 0 Å². The third kappa shape index (κ3) is 3.56. The maximum absolute atomic E-state index is 12.2. The summed E-state index contributed by atoms with van der Waals surface area (Å²) in [6.07, 6.45) is 4.83. The SMILES string of the molecule is CCN(C(=O)CCc1cnc[nH]1)C1CCS(=O)(=O)C1. The molecule has 1 unspecified atom stereocenters. The molecule has 0 aromatic carbocycles. The first-order chi connectivity index (χ1) is 9.02. The zero-order valence-corrected chi connectivity index (χ0v) is 11.8. The summed E-state index contributed by atoms with van der Waals surface area (Å²) in [6, 6.07) is -0.149. The van der Waals surface area contributed by atoms with E-state index in [1.165, 1.54) is 0 Å². The molecule has 1 aliphatic rings. The van der Waals surface area contributed by atoms with Crippen LogP contribution >= 0.6 is 0 Å². The Balaban J connectivity index is 1.92. The van der Waals surface area contributed by atoms with E-state index in [1.54, 1.807) is 17.4 Å². The number of carbonyl (C=O) groups excluding carboxylic acids is 1. The number of nitrogens with one attached hydrogen (secondary N) is 1. The van der Waals surface area contributed by atoms with Crippen LogP contribution in [0, 0.1) is 0 Å². The number of aromatic amines is 1. The van der Waals surface area contributed by atoms with Crippen molar-refractivity contribution >= 4 is 15.7 Å². The first kappa shape index (κ1) is 14.0. The van der Waals surface area contributed by atoms with E-state index >= 15 is 0 Å². The van der Waals surface area contributed by atoms with E-state index in [4.69, 9.17) is 0 Å². The average molecular weight is 285 g/mol. The first-order valence-corrected chi connectivity index (χ1v) is 8.31. The Morgan fingerprint density at radius 2 is 2.37 bits per heavy atom. The van der Waals surface area contributed by atoms with Gasteiger partial charge in [-0.3, -0.25) is 4.79 Å². The van der Waals surface area contributed by atoms with Crippen LogP contribution in [0.1, 0.15) is 25.5 Å². The number of imidazole rings is 1. The molecule has 0 aliphatic carbocycles. The molecule has 1 aromatic heterocycles. The first-order valence-electron chi connectivity index (χ1n) is 6.49. The molecule has 0 bridgehead atoms. The van der Waals surface area contributed by atoms with Crippen molar-refractivity contribution < 1.29 is 13.2 Å². The number of rotatable bonds is 5. The average Bonchev–Trinajstić information content (AvgIpc) is 2.97. The van der Waals surface area contributed by atoms with Crippen LogP contribution in [0.25, 0.3) is 0 Å². The minimum Gasteiger partial charge on any atom is -0.348 e. The fraction of sp³-hybridized carbons (Fsp3) is 0.667. The van der Waals surface area contributed by atoms with Crippen molar-refractivity contribution in [1.29, 1.82) is 0 Å². The number of aromatic nitrogens is 2. The molecular formula is C12H19N3O3S. The summed E-state index contributed by atoms with van der Waals surface area (Å²) in [5, 5.41) is 0. The second-order valence-corrected chi connectivity index (χ2v) is 7.04. The van der Waals surface area contributed by atoms with Crippen LogP contribution in [0.4, 0.5) is 0 Å². The van der Waals surface area contributed by atoms with Gasteiger partial charge in [0.15, 0.2) is 9.84 Å². The fourth-order valence-electron chi connectivity index (χ4n) is 2.47. The molecule has 2 heterocycles. The van der Waals surface area contributed by atoms with Crippen LogP contribution in [0.3, 0.4) is 0 Å². The van der Waals surface area contributed by atoms with Gasteiger partial charge in [-0.15, -0.1) is 0 Å². The van der Waals surface area contributed by atoms with Crippen molar-refractivity contribution in [3.63, 3.8) is 0 Å². The summed E-state index contributed by atoms with van der Waals surface area (Å²) < 4.78 is 23.0. The smallest absolute Gasteiger partial charge is 0.223 e. The predicted molar refractivity (Wildman–Crippen MR) is 71.4 cm³/mol. The van der Waals surface area contributed by atoms with Gasteiger partial charge in [0.2, 0.25) is 5.91 Å². The monoisotopic (exact) mass is 285 g/mol. The van der Waals surface area contributed by atoms with Crippen LogP contribution in [0.2, 0.25) is 0 Å². The van der Waals surface area contributed by atoms with Crippen molar-refractivity contribution in [1.82, 2.24) is 14.9 Å². The molecule has 1 aromatic rings. The van der Waals surface area contributed by atoms with Crippen LogP contribution in [0.5, 0.6) is 0 Å². The van der Waals surface area contributed by atoms with Crippen LogP contribution in [-0.4, -0.2) is 53.3 Å². The summed E-state index contributed by atoms with van der Waals surface area (Å²) in [7, 11) is -2.95. The minimum absolute atomic E-state index is 0.0131. The lowest BCUT2D eigenvalue weighted by atomic mass is 10.1. The number of nitrogens with zero attached hydrogens (tertiary/aromatic N) is 2. The summed E-state index contributed by atoms with van der Waals surface area (Å²) in [5.74, 6) is 0.317. The maximum atomic E-state index is 12.2. The van der Waals surface area contributed by atoms with Crippen molar-refractivity contribution in [3.05, 3.63) is 18.2 Å². The molecule has 1 aliphatic heterocycles. The molecule has 0 saturated carbocycles. The third-order valence-corrected chi connectivity index (χ3v) is 5.22. The summed E-state index contributed by atoms with van der Waals surface area (Å²) in [6.45, 7) is 2.45. The number of carbonyl (C=O) groups is 1. The quantitative estimate of drug-likeness (QED) is 0.847. The zero-order chi connectivity index (χ0) is 13.9. The molecule has 1 amide bonds. The fourth-order valence-corrected chi connectivity index (χ4v) is 4.20. The number of aryl methyl sites for hydroxylation is 1. The largest absolute Gasteiger partial charge is 0.348 e. The molecule has 1 atom stereocenters. The molecule has 0 spiro atoms. The van der Waals surface area contributed by atoms with Gasteiger partial charge in [0.05, 0.1) is 17.8 Å². The summed E-state index contributed by atoms with van der Waals surface area (Å²) in [5.41, 5.74) is 0.920. The molecule has 1 N–H and O–H groups in total. The zero-order valence-electron chi connectivity index (χ0n) is 11.0. The summed E-state index contributed by atoms with van der Waals surface area (Å²) in [4.78, 5) is 20.7. The number of H-pyrrole nitrogens is 1. The molecule has 19 heavy (non-hydrogen) atoms. The Kier molecular flexibility index (Phi) is 4.24. The van der Waals surface area contributed by atoms with Crippen LogP contribution < -0.4 is 0 Å². The van der Waals surface area contributed by atoms with Gasteiger partial charge in [-0.05, 0) is 19.8 Å². The topological polar surface area (TPSA) is 83.1 Å². The highest BCUT2D eigenvalue weighted by Crippen LogP contribution is 2.18. The van der Waals surface area contributed by atoms with Gasteiger partial charge in [-0.25, -0.2) is 13.4 Å². The molecule has 2 rings (SSSR count). The van der Waals surface area contributed by atoms with E-state index in [0.29, 0.717) is 25.8 Å². The number of amides is 1. The van der Waals surface area contributed by atoms with Crippen molar-refractivity contribution in [2.45, 2.75) is 32.2 Å². The van der Waals surface area contributed by atoms with Crippen LogP contribution in [-0.2, 0) is 21.1 Å². The third-order valence-electron chi connectivity index (χ3n) is 3.47. The molecule has 1 saturated heterocycles. The maximum Gasteiger partial charge on any atom is 0.223 e. The summed E-state index contributed by atoms with van der Waals surface area (Å²) >= 11 is 0. The van der Waals surface area contributed by atoms with Crippen molar-refractivity contribution in [2.24, 2.45) is 0 Å². The van der Waals surface area contributed by atoms with Gasteiger partial charge < -0.3 is 9.88 Å². The second-order valence-electron chi connectivity index (χ2n) is 4.81. The molecule has 106 valence electrons. The van der Waals surface area contributed by atoms with Gasteiger partial charge in [-0.2, -0.15) is 0 Å². The molecule has 1 fully saturated rings. The highest BCUT2D eigenvalue weighted by atomic mass is 32.2. The van der Waals surface area contributed by atoms with Gasteiger partial charge in [0, 0.05) is 30.9 Å². The lowest BCUT2D eigenvalue weighted by Crippen LogP contribution is -2.41. The van der Waals surface area contributed by atoms with Crippen molar-refractivity contribution in [2.75, 3.05) is 18.1 Å². The second kappa shape index (κ2) is 5.73. The van der Waals surface area contributed by atoms with Gasteiger partial charge >= 0.3 is 0 Å². The lowest BCUT2D eigenvalue weighted by Gasteiger charge is -2.26. The predicted octanol–water partition coefficient (Wildman–Crippen LogP) is 0.378. The standard InChI is InChI=1S/C12H19N3O3S/c1-2-15(11-5-6-19(17,18)8-11)12(16)4-3-10-7-13-9-14-10/h7,9,11H,2-6,8H2,1H3,(H,13,14). The van der Waals surface area contributed by atoms with E-state index in [1.807, 2.05) is 6.92 Å². The lowest BCUT2D eigenvalue weighted by molar-refractivity contribution is -0.132. The Morgan fingerprint density at radius 1 is 1.58 bits per heavy atom. The number of sulfone groups is 1.